The number of benzene rings is 2. The highest BCUT2D eigenvalue weighted by atomic mass is 32.2. The van der Waals surface area contributed by atoms with Crippen molar-refractivity contribution in [3.05, 3.63) is 66.7 Å². The van der Waals surface area contributed by atoms with Gasteiger partial charge in [-0.1, -0.05) is 30.0 Å². The second-order valence-electron chi connectivity index (χ2n) is 4.81. The molecule has 0 spiro atoms. The van der Waals surface area contributed by atoms with Gasteiger partial charge in [-0.05, 0) is 42.8 Å². The normalized spacial score (nSPS) is 10.7. The molecule has 0 aliphatic carbocycles. The van der Waals surface area contributed by atoms with E-state index in [1.165, 1.54) is 12.1 Å². The van der Waals surface area contributed by atoms with Crippen molar-refractivity contribution in [3.8, 4) is 11.4 Å². The summed E-state index contributed by atoms with van der Waals surface area (Å²) in [7, 11) is 0. The summed E-state index contributed by atoms with van der Waals surface area (Å²) in [4.78, 5) is 4.29. The molecule has 0 aliphatic rings. The van der Waals surface area contributed by atoms with Crippen LogP contribution in [0.3, 0.4) is 0 Å². The van der Waals surface area contributed by atoms with Gasteiger partial charge in [0.25, 0.3) is 0 Å². The number of hydrogen-bond donors (Lipinski definition) is 0. The third kappa shape index (κ3) is 4.56. The van der Waals surface area contributed by atoms with Gasteiger partial charge < -0.3 is 4.74 Å². The molecule has 0 N–H and O–H groups in total. The number of rotatable bonds is 7. The highest BCUT2D eigenvalue weighted by Crippen LogP contribution is 2.16. The molecule has 0 atom stereocenters. The summed E-state index contributed by atoms with van der Waals surface area (Å²) in [5.74, 6) is 1.29. The third-order valence-electron chi connectivity index (χ3n) is 3.09. The Morgan fingerprint density at radius 2 is 1.83 bits per heavy atom. The number of nitrogens with zero attached hydrogens (tertiary/aromatic N) is 3. The third-order valence-corrected chi connectivity index (χ3v) is 4.03. The Morgan fingerprint density at radius 1 is 1.04 bits per heavy atom. The molecule has 0 saturated heterocycles. The quantitative estimate of drug-likeness (QED) is 0.486. The first-order valence-electron chi connectivity index (χ1n) is 7.29. The van der Waals surface area contributed by atoms with Crippen molar-refractivity contribution in [2.75, 3.05) is 12.4 Å². The molecule has 0 unspecified atom stereocenters. The maximum Gasteiger partial charge on any atom is 0.208 e. The molecule has 2 aromatic carbocycles. The number of halogens is 1. The van der Waals surface area contributed by atoms with E-state index in [1.807, 2.05) is 30.3 Å². The lowest BCUT2D eigenvalue weighted by molar-refractivity contribution is 0.318. The zero-order valence-electron chi connectivity index (χ0n) is 12.4. The molecule has 4 nitrogen and oxygen atoms in total. The minimum atomic E-state index is -0.256. The van der Waals surface area contributed by atoms with Crippen LogP contribution in [0.25, 0.3) is 5.69 Å². The van der Waals surface area contributed by atoms with E-state index >= 15 is 0 Å². The molecule has 0 radical (unpaired) electrons. The molecule has 118 valence electrons. The smallest absolute Gasteiger partial charge is 0.208 e. The first kappa shape index (κ1) is 15.6. The molecule has 3 aromatic rings. The molecule has 0 bridgehead atoms. The van der Waals surface area contributed by atoms with Crippen LogP contribution in [0.2, 0.25) is 0 Å². The summed E-state index contributed by atoms with van der Waals surface area (Å²) in [6.07, 6.45) is 2.58. The zero-order valence-corrected chi connectivity index (χ0v) is 13.2. The van der Waals surface area contributed by atoms with Crippen LogP contribution in [0.15, 0.2) is 66.1 Å². The van der Waals surface area contributed by atoms with E-state index in [2.05, 4.69) is 10.1 Å². The van der Waals surface area contributed by atoms with Crippen LogP contribution < -0.4 is 4.74 Å². The molecule has 6 heteroatoms. The summed E-state index contributed by atoms with van der Waals surface area (Å²) >= 11 is 1.59. The predicted octanol–water partition coefficient (Wildman–Crippen LogP) is 3.97. The second-order valence-corrected chi connectivity index (χ2v) is 5.87. The Hall–Kier alpha value is -2.34. The number of para-hydroxylation sites is 1. The molecular weight excluding hydrogens is 313 g/mol. The summed E-state index contributed by atoms with van der Waals surface area (Å²) in [6.45, 7) is 0.581. The van der Waals surface area contributed by atoms with Crippen molar-refractivity contribution < 1.29 is 9.13 Å². The van der Waals surface area contributed by atoms with Crippen LogP contribution in [0.1, 0.15) is 6.42 Å². The van der Waals surface area contributed by atoms with Gasteiger partial charge in [0.2, 0.25) is 5.16 Å². The molecule has 3 rings (SSSR count). The number of ether oxygens (including phenoxy) is 1. The molecule has 1 aromatic heterocycles. The Balaban J connectivity index is 1.41. The van der Waals surface area contributed by atoms with E-state index in [0.29, 0.717) is 12.4 Å². The zero-order chi connectivity index (χ0) is 15.9. The van der Waals surface area contributed by atoms with Gasteiger partial charge in [-0.25, -0.2) is 14.1 Å². The topological polar surface area (TPSA) is 39.9 Å². The highest BCUT2D eigenvalue weighted by Gasteiger charge is 2.03. The largest absolute Gasteiger partial charge is 0.494 e. The van der Waals surface area contributed by atoms with Crippen LogP contribution in [-0.4, -0.2) is 27.1 Å². The highest BCUT2D eigenvalue weighted by molar-refractivity contribution is 7.99. The molecule has 0 aliphatic heterocycles. The first-order valence-corrected chi connectivity index (χ1v) is 8.28. The van der Waals surface area contributed by atoms with Crippen LogP contribution in [0.4, 0.5) is 4.39 Å². The Bertz CT molecular complexity index is 731. The fraction of sp³-hybridized carbons (Fsp3) is 0.176. The molecular formula is C17H16FN3OS. The van der Waals surface area contributed by atoms with Crippen LogP contribution >= 0.6 is 11.8 Å². The molecule has 23 heavy (non-hydrogen) atoms. The predicted molar refractivity (Wildman–Crippen MR) is 88.6 cm³/mol. The van der Waals surface area contributed by atoms with Gasteiger partial charge in [0, 0.05) is 5.75 Å². The van der Waals surface area contributed by atoms with Gasteiger partial charge in [0.15, 0.2) is 0 Å². The van der Waals surface area contributed by atoms with E-state index < -0.39 is 0 Å². The van der Waals surface area contributed by atoms with Gasteiger partial charge in [-0.15, -0.1) is 5.10 Å². The fourth-order valence-electron chi connectivity index (χ4n) is 1.96. The second kappa shape index (κ2) is 7.78. The van der Waals surface area contributed by atoms with Crippen molar-refractivity contribution in [1.29, 1.82) is 0 Å². The average Bonchev–Trinajstić information content (AvgIpc) is 3.06. The maximum absolute atomic E-state index is 12.8. The Morgan fingerprint density at radius 3 is 2.61 bits per heavy atom. The summed E-state index contributed by atoms with van der Waals surface area (Å²) in [6, 6.07) is 15.9. The number of aromatic nitrogens is 3. The van der Waals surface area contributed by atoms with Crippen LogP contribution in [0, 0.1) is 5.82 Å². The van der Waals surface area contributed by atoms with E-state index in [-0.39, 0.29) is 5.82 Å². The van der Waals surface area contributed by atoms with E-state index in [0.717, 1.165) is 23.0 Å². The fourth-order valence-corrected chi connectivity index (χ4v) is 2.67. The summed E-state index contributed by atoms with van der Waals surface area (Å²) in [5, 5.41) is 5.18. The standard InChI is InChI=1S/C17H16FN3OS/c18-14-7-9-16(10-8-14)22-11-4-12-23-17-19-13-21(20-17)15-5-2-1-3-6-15/h1-3,5-10,13H,4,11-12H2. The van der Waals surface area contributed by atoms with Crippen LogP contribution in [0.5, 0.6) is 5.75 Å². The van der Waals surface area contributed by atoms with Crippen molar-refractivity contribution in [3.63, 3.8) is 0 Å². The van der Waals surface area contributed by atoms with Gasteiger partial charge in [0.05, 0.1) is 12.3 Å². The van der Waals surface area contributed by atoms with Crippen LogP contribution in [-0.2, 0) is 0 Å². The molecule has 1 heterocycles. The van der Waals surface area contributed by atoms with E-state index in [1.54, 1.807) is 34.9 Å². The SMILES string of the molecule is Fc1ccc(OCCCSc2ncn(-c3ccccc3)n2)cc1. The van der Waals surface area contributed by atoms with Crippen molar-refractivity contribution >= 4 is 11.8 Å². The average molecular weight is 329 g/mol. The minimum absolute atomic E-state index is 0.256. The van der Waals surface area contributed by atoms with Gasteiger partial charge in [-0.2, -0.15) is 0 Å². The summed E-state index contributed by atoms with van der Waals surface area (Å²) in [5.41, 5.74) is 0.992. The Kier molecular flexibility index (Phi) is 5.26. The lowest BCUT2D eigenvalue weighted by Crippen LogP contribution is -1.99. The number of hydrogen-bond acceptors (Lipinski definition) is 4. The molecule has 0 saturated carbocycles. The van der Waals surface area contributed by atoms with E-state index in [4.69, 9.17) is 4.74 Å². The van der Waals surface area contributed by atoms with Gasteiger partial charge in [-0.3, -0.25) is 0 Å². The first-order chi connectivity index (χ1) is 11.3. The number of thioether (sulfide) groups is 1. The summed E-state index contributed by atoms with van der Waals surface area (Å²) < 4.78 is 20.1. The van der Waals surface area contributed by atoms with Crippen molar-refractivity contribution in [2.24, 2.45) is 0 Å². The molecule has 0 amide bonds. The van der Waals surface area contributed by atoms with E-state index in [9.17, 15) is 4.39 Å². The van der Waals surface area contributed by atoms with Crippen molar-refractivity contribution in [1.82, 2.24) is 14.8 Å². The van der Waals surface area contributed by atoms with Gasteiger partial charge >= 0.3 is 0 Å². The maximum atomic E-state index is 12.8. The minimum Gasteiger partial charge on any atom is -0.494 e. The van der Waals surface area contributed by atoms with Crippen molar-refractivity contribution in [2.45, 2.75) is 11.6 Å². The Labute approximate surface area is 138 Å². The van der Waals surface area contributed by atoms with Gasteiger partial charge in [0.1, 0.15) is 17.9 Å². The lowest BCUT2D eigenvalue weighted by atomic mass is 10.3. The monoisotopic (exact) mass is 329 g/mol. The lowest BCUT2D eigenvalue weighted by Gasteiger charge is -2.04. The molecule has 0 fully saturated rings.